The number of allylic oxidation sites excluding steroid dienone is 2. The monoisotopic (exact) mass is 243 g/mol. The first-order valence-electron chi connectivity index (χ1n) is 7.34. The molecule has 1 aromatic rings. The van der Waals surface area contributed by atoms with E-state index in [1.807, 2.05) is 0 Å². The van der Waals surface area contributed by atoms with Crippen LogP contribution in [0.15, 0.2) is 30.3 Å². The Bertz CT molecular complexity index is 406. The Morgan fingerprint density at radius 1 is 1.22 bits per heavy atom. The lowest BCUT2D eigenvalue weighted by Gasteiger charge is -2.15. The van der Waals surface area contributed by atoms with Crippen LogP contribution in [0.4, 0.5) is 0 Å². The van der Waals surface area contributed by atoms with Crippen molar-refractivity contribution >= 4 is 5.57 Å². The van der Waals surface area contributed by atoms with Crippen molar-refractivity contribution < 1.29 is 0 Å². The molecule has 1 aromatic carbocycles. The lowest BCUT2D eigenvalue weighted by atomic mass is 9.97. The van der Waals surface area contributed by atoms with Crippen LogP contribution in [0.5, 0.6) is 0 Å². The van der Waals surface area contributed by atoms with Gasteiger partial charge in [0.25, 0.3) is 0 Å². The molecular weight excluding hydrogens is 218 g/mol. The van der Waals surface area contributed by atoms with Gasteiger partial charge in [0.05, 0.1) is 0 Å². The molecule has 0 bridgehead atoms. The zero-order valence-electron chi connectivity index (χ0n) is 11.7. The van der Waals surface area contributed by atoms with Crippen molar-refractivity contribution in [3.63, 3.8) is 0 Å². The van der Waals surface area contributed by atoms with E-state index in [1.165, 1.54) is 43.2 Å². The zero-order valence-corrected chi connectivity index (χ0v) is 11.7. The van der Waals surface area contributed by atoms with E-state index in [4.69, 9.17) is 0 Å². The number of benzene rings is 1. The second-order valence-corrected chi connectivity index (χ2v) is 5.23. The zero-order chi connectivity index (χ0) is 12.8. The highest BCUT2D eigenvalue weighted by atomic mass is 14.9. The van der Waals surface area contributed by atoms with E-state index >= 15 is 0 Å². The van der Waals surface area contributed by atoms with E-state index in [9.17, 15) is 0 Å². The summed E-state index contributed by atoms with van der Waals surface area (Å²) in [7, 11) is 0. The molecule has 0 saturated heterocycles. The summed E-state index contributed by atoms with van der Waals surface area (Å²) in [6.45, 7) is 5.42. The molecule has 2 rings (SSSR count). The van der Waals surface area contributed by atoms with Crippen LogP contribution in [0.2, 0.25) is 0 Å². The number of hydrogen-bond acceptors (Lipinski definition) is 1. The number of nitrogens with one attached hydrogen (secondary N) is 1. The minimum absolute atomic E-state index is 0.446. The fraction of sp³-hybridized carbons (Fsp3) is 0.529. The average Bonchev–Trinajstić information content (AvgIpc) is 2.68. The molecule has 0 heterocycles. The summed E-state index contributed by atoms with van der Waals surface area (Å²) >= 11 is 0. The third-order valence-corrected chi connectivity index (χ3v) is 3.81. The van der Waals surface area contributed by atoms with Crippen molar-refractivity contribution in [2.75, 3.05) is 6.54 Å². The van der Waals surface area contributed by atoms with Gasteiger partial charge in [0.15, 0.2) is 0 Å². The highest BCUT2D eigenvalue weighted by Gasteiger charge is 2.08. The molecule has 18 heavy (non-hydrogen) atoms. The average molecular weight is 243 g/mol. The molecule has 0 saturated carbocycles. The third-order valence-electron chi connectivity index (χ3n) is 3.81. The van der Waals surface area contributed by atoms with Gasteiger partial charge in [-0.15, -0.1) is 0 Å². The van der Waals surface area contributed by atoms with Gasteiger partial charge in [-0.2, -0.15) is 0 Å². The Morgan fingerprint density at radius 2 is 2.11 bits per heavy atom. The fourth-order valence-corrected chi connectivity index (χ4v) is 2.71. The Morgan fingerprint density at radius 3 is 2.94 bits per heavy atom. The summed E-state index contributed by atoms with van der Waals surface area (Å²) in [6, 6.07) is 9.50. The molecule has 98 valence electrons. The van der Waals surface area contributed by atoms with Crippen LogP contribution >= 0.6 is 0 Å². The Kier molecular flexibility index (Phi) is 5.00. The molecule has 0 aliphatic heterocycles. The standard InChI is InChI=1S/C17H25N/c1-3-18-14(2)16-11-8-12-17(13-16)15-9-6-4-5-7-10-15/h8-9,11-14,18H,3-7,10H2,1-2H3. The minimum Gasteiger partial charge on any atom is -0.310 e. The SMILES string of the molecule is CCNC(C)c1cccc(C2=CCCCCC2)c1. The van der Waals surface area contributed by atoms with E-state index in [2.05, 4.69) is 49.5 Å². The van der Waals surface area contributed by atoms with Crippen molar-refractivity contribution in [2.24, 2.45) is 0 Å². The molecule has 0 amide bonds. The van der Waals surface area contributed by atoms with Gasteiger partial charge in [0, 0.05) is 6.04 Å². The molecular formula is C17H25N. The molecule has 0 fully saturated rings. The van der Waals surface area contributed by atoms with Crippen molar-refractivity contribution in [3.8, 4) is 0 Å². The maximum Gasteiger partial charge on any atom is 0.0291 e. The summed E-state index contributed by atoms with van der Waals surface area (Å²) in [5.74, 6) is 0. The van der Waals surface area contributed by atoms with Gasteiger partial charge in [-0.25, -0.2) is 0 Å². The number of rotatable bonds is 4. The van der Waals surface area contributed by atoms with Crippen LogP contribution in [-0.4, -0.2) is 6.54 Å². The fourth-order valence-electron chi connectivity index (χ4n) is 2.71. The van der Waals surface area contributed by atoms with E-state index in [0.29, 0.717) is 6.04 Å². The van der Waals surface area contributed by atoms with E-state index < -0.39 is 0 Å². The van der Waals surface area contributed by atoms with Gasteiger partial charge in [-0.3, -0.25) is 0 Å². The van der Waals surface area contributed by atoms with E-state index in [1.54, 1.807) is 5.57 Å². The molecule has 1 heteroatoms. The first-order valence-corrected chi connectivity index (χ1v) is 7.34. The predicted molar refractivity (Wildman–Crippen MR) is 79.6 cm³/mol. The molecule has 1 nitrogen and oxygen atoms in total. The van der Waals surface area contributed by atoms with Gasteiger partial charge in [0.1, 0.15) is 0 Å². The molecule has 1 aliphatic carbocycles. The van der Waals surface area contributed by atoms with Gasteiger partial charge >= 0.3 is 0 Å². The van der Waals surface area contributed by atoms with Gasteiger partial charge < -0.3 is 5.32 Å². The Balaban J connectivity index is 2.18. The summed E-state index contributed by atoms with van der Waals surface area (Å²) in [5, 5.41) is 3.48. The molecule has 1 atom stereocenters. The minimum atomic E-state index is 0.446. The largest absolute Gasteiger partial charge is 0.310 e. The molecule has 0 aromatic heterocycles. The van der Waals surface area contributed by atoms with Crippen LogP contribution < -0.4 is 5.32 Å². The van der Waals surface area contributed by atoms with E-state index in [0.717, 1.165) is 6.54 Å². The summed E-state index contributed by atoms with van der Waals surface area (Å²) in [5.41, 5.74) is 4.39. The topological polar surface area (TPSA) is 12.0 Å². The molecule has 0 spiro atoms. The van der Waals surface area contributed by atoms with Crippen LogP contribution in [0.1, 0.15) is 63.1 Å². The van der Waals surface area contributed by atoms with Gasteiger partial charge in [-0.1, -0.05) is 37.6 Å². The maximum absolute atomic E-state index is 3.48. The summed E-state index contributed by atoms with van der Waals surface area (Å²) < 4.78 is 0. The first kappa shape index (κ1) is 13.4. The van der Waals surface area contributed by atoms with Crippen molar-refractivity contribution in [2.45, 2.75) is 52.0 Å². The quantitative estimate of drug-likeness (QED) is 0.808. The lowest BCUT2D eigenvalue weighted by Crippen LogP contribution is -2.17. The molecule has 0 radical (unpaired) electrons. The van der Waals surface area contributed by atoms with Gasteiger partial charge in [0.2, 0.25) is 0 Å². The summed E-state index contributed by atoms with van der Waals surface area (Å²) in [6.07, 6.45) is 9.04. The Hall–Kier alpha value is -1.08. The molecule has 1 aliphatic rings. The van der Waals surface area contributed by atoms with Crippen molar-refractivity contribution in [1.29, 1.82) is 0 Å². The highest BCUT2D eigenvalue weighted by Crippen LogP contribution is 2.27. The van der Waals surface area contributed by atoms with Crippen molar-refractivity contribution in [3.05, 3.63) is 41.5 Å². The molecule has 1 N–H and O–H groups in total. The van der Waals surface area contributed by atoms with Crippen molar-refractivity contribution in [1.82, 2.24) is 5.32 Å². The van der Waals surface area contributed by atoms with Crippen LogP contribution in [-0.2, 0) is 0 Å². The third kappa shape index (κ3) is 3.46. The summed E-state index contributed by atoms with van der Waals surface area (Å²) in [4.78, 5) is 0. The van der Waals surface area contributed by atoms with Crippen LogP contribution in [0, 0.1) is 0 Å². The molecule has 1 unspecified atom stereocenters. The van der Waals surface area contributed by atoms with E-state index in [-0.39, 0.29) is 0 Å². The highest BCUT2D eigenvalue weighted by molar-refractivity contribution is 5.66. The second-order valence-electron chi connectivity index (χ2n) is 5.23. The van der Waals surface area contributed by atoms with Crippen LogP contribution in [0.3, 0.4) is 0 Å². The smallest absolute Gasteiger partial charge is 0.0291 e. The second kappa shape index (κ2) is 6.75. The maximum atomic E-state index is 3.48. The van der Waals surface area contributed by atoms with Gasteiger partial charge in [-0.05, 0) is 61.9 Å². The first-order chi connectivity index (χ1) is 8.81. The Labute approximate surface area is 111 Å². The lowest BCUT2D eigenvalue weighted by molar-refractivity contribution is 0.598. The predicted octanol–water partition coefficient (Wildman–Crippen LogP) is 4.70. The number of hydrogen-bond donors (Lipinski definition) is 1. The normalized spacial score (nSPS) is 18.0. The van der Waals surface area contributed by atoms with Crippen LogP contribution in [0.25, 0.3) is 5.57 Å².